The number of rotatable bonds is 5. The van der Waals surface area contributed by atoms with E-state index in [1.54, 1.807) is 14.2 Å². The third-order valence-electron chi connectivity index (χ3n) is 3.67. The summed E-state index contributed by atoms with van der Waals surface area (Å²) in [4.78, 5) is 11.3. The van der Waals surface area contributed by atoms with Crippen molar-refractivity contribution in [1.29, 1.82) is 0 Å². The highest BCUT2D eigenvalue weighted by atomic mass is 16.5. The maximum Gasteiger partial charge on any atom is 0.305 e. The van der Waals surface area contributed by atoms with Gasteiger partial charge in [0.05, 0.1) is 21.3 Å². The number of ether oxygens (including phenoxy) is 3. The molecule has 5 heteroatoms. The molecule has 0 saturated carbocycles. The Bertz CT molecular complexity index is 487. The van der Waals surface area contributed by atoms with Crippen LogP contribution in [0, 0.1) is 0 Å². The molecule has 2 rings (SSSR count). The molecule has 1 aliphatic rings. The van der Waals surface area contributed by atoms with E-state index in [-0.39, 0.29) is 12.0 Å². The highest BCUT2D eigenvalue weighted by Gasteiger charge is 2.23. The van der Waals surface area contributed by atoms with Crippen LogP contribution in [0.4, 0.5) is 0 Å². The molecule has 0 bridgehead atoms. The van der Waals surface area contributed by atoms with Crippen molar-refractivity contribution in [2.75, 3.05) is 27.9 Å². The Kier molecular flexibility index (Phi) is 4.84. The smallest absolute Gasteiger partial charge is 0.305 e. The fraction of sp³-hybridized carbons (Fsp3) is 0.533. The minimum absolute atomic E-state index is 0.151. The van der Waals surface area contributed by atoms with E-state index in [1.807, 2.05) is 12.1 Å². The summed E-state index contributed by atoms with van der Waals surface area (Å²) in [6, 6.07) is 4.18. The Hall–Kier alpha value is -1.75. The Labute approximate surface area is 119 Å². The molecule has 20 heavy (non-hydrogen) atoms. The van der Waals surface area contributed by atoms with E-state index in [9.17, 15) is 4.79 Å². The summed E-state index contributed by atoms with van der Waals surface area (Å²) < 4.78 is 15.4. The maximum atomic E-state index is 11.3. The zero-order chi connectivity index (χ0) is 14.5. The van der Waals surface area contributed by atoms with Crippen LogP contribution in [-0.2, 0) is 16.0 Å². The summed E-state index contributed by atoms with van der Waals surface area (Å²) in [6.07, 6.45) is 2.07. The lowest BCUT2D eigenvalue weighted by Gasteiger charge is -2.28. The fourth-order valence-corrected chi connectivity index (χ4v) is 2.59. The largest absolute Gasteiger partial charge is 0.493 e. The van der Waals surface area contributed by atoms with E-state index < -0.39 is 0 Å². The summed E-state index contributed by atoms with van der Waals surface area (Å²) in [7, 11) is 4.68. The monoisotopic (exact) mass is 279 g/mol. The number of nitrogens with one attached hydrogen (secondary N) is 1. The Morgan fingerprint density at radius 2 is 1.95 bits per heavy atom. The average molecular weight is 279 g/mol. The minimum atomic E-state index is -0.181. The second-order valence-electron chi connectivity index (χ2n) is 4.78. The van der Waals surface area contributed by atoms with Crippen molar-refractivity contribution in [3.05, 3.63) is 23.3 Å². The molecule has 1 N–H and O–H groups in total. The van der Waals surface area contributed by atoms with Gasteiger partial charge < -0.3 is 19.5 Å². The van der Waals surface area contributed by atoms with Crippen LogP contribution in [0.1, 0.15) is 30.0 Å². The highest BCUT2D eigenvalue weighted by molar-refractivity contribution is 5.69. The first kappa shape index (κ1) is 14.7. The molecule has 1 aromatic rings. The quantitative estimate of drug-likeness (QED) is 0.834. The highest BCUT2D eigenvalue weighted by Crippen LogP contribution is 2.36. The number of hydrogen-bond acceptors (Lipinski definition) is 5. The molecular formula is C15H21NO4. The molecule has 0 saturated heterocycles. The van der Waals surface area contributed by atoms with Crippen LogP contribution < -0.4 is 14.8 Å². The van der Waals surface area contributed by atoms with Crippen molar-refractivity contribution in [3.8, 4) is 11.5 Å². The third-order valence-corrected chi connectivity index (χ3v) is 3.67. The Balaban J connectivity index is 2.23. The second kappa shape index (κ2) is 6.61. The summed E-state index contributed by atoms with van der Waals surface area (Å²) in [5.74, 6) is 1.29. The van der Waals surface area contributed by atoms with Gasteiger partial charge in [-0.1, -0.05) is 0 Å². The maximum absolute atomic E-state index is 11.3. The van der Waals surface area contributed by atoms with Gasteiger partial charge in [-0.2, -0.15) is 0 Å². The van der Waals surface area contributed by atoms with Crippen molar-refractivity contribution in [2.24, 2.45) is 0 Å². The molecule has 110 valence electrons. The van der Waals surface area contributed by atoms with Gasteiger partial charge in [0.2, 0.25) is 0 Å². The van der Waals surface area contributed by atoms with E-state index in [2.05, 4.69) is 5.32 Å². The van der Waals surface area contributed by atoms with Gasteiger partial charge in [0.1, 0.15) is 0 Å². The van der Waals surface area contributed by atoms with Crippen molar-refractivity contribution in [3.63, 3.8) is 0 Å². The predicted octanol–water partition coefficient (Wildman–Crippen LogP) is 1.84. The predicted molar refractivity (Wildman–Crippen MR) is 75.2 cm³/mol. The standard InChI is InChI=1S/C15H21NO4/c1-18-13-8-10-6-7-16-12(4-5-15(17)20-3)11(10)9-14(13)19-2/h8-9,12,16H,4-7H2,1-3H3. The van der Waals surface area contributed by atoms with Gasteiger partial charge in [-0.15, -0.1) is 0 Å². The van der Waals surface area contributed by atoms with Crippen molar-refractivity contribution >= 4 is 5.97 Å². The number of methoxy groups -OCH3 is 3. The fourth-order valence-electron chi connectivity index (χ4n) is 2.59. The van der Waals surface area contributed by atoms with Crippen molar-refractivity contribution < 1.29 is 19.0 Å². The third kappa shape index (κ3) is 3.04. The number of hydrogen-bond donors (Lipinski definition) is 1. The van der Waals surface area contributed by atoms with E-state index in [4.69, 9.17) is 14.2 Å². The molecular weight excluding hydrogens is 258 g/mol. The molecule has 1 aliphatic heterocycles. The second-order valence-corrected chi connectivity index (χ2v) is 4.78. The molecule has 0 aliphatic carbocycles. The van der Waals surface area contributed by atoms with Crippen LogP contribution in [0.15, 0.2) is 12.1 Å². The lowest BCUT2D eigenvalue weighted by molar-refractivity contribution is -0.140. The first-order valence-electron chi connectivity index (χ1n) is 6.74. The van der Waals surface area contributed by atoms with Gasteiger partial charge in [0, 0.05) is 12.5 Å². The number of benzene rings is 1. The first-order valence-corrected chi connectivity index (χ1v) is 6.74. The summed E-state index contributed by atoms with van der Waals surface area (Å²) in [5, 5.41) is 3.44. The molecule has 1 aromatic carbocycles. The van der Waals surface area contributed by atoms with Gasteiger partial charge in [0.25, 0.3) is 0 Å². The van der Waals surface area contributed by atoms with E-state index in [0.29, 0.717) is 6.42 Å². The molecule has 1 heterocycles. The molecule has 0 radical (unpaired) electrons. The molecule has 0 amide bonds. The minimum Gasteiger partial charge on any atom is -0.493 e. The summed E-state index contributed by atoms with van der Waals surface area (Å²) >= 11 is 0. The van der Waals surface area contributed by atoms with Crippen LogP contribution in [0.5, 0.6) is 11.5 Å². The topological polar surface area (TPSA) is 56.8 Å². The first-order chi connectivity index (χ1) is 9.69. The van der Waals surface area contributed by atoms with Crippen molar-refractivity contribution in [1.82, 2.24) is 5.32 Å². The van der Waals surface area contributed by atoms with Gasteiger partial charge in [-0.05, 0) is 42.6 Å². The number of carbonyl (C=O) groups excluding carboxylic acids is 1. The summed E-state index contributed by atoms with van der Waals surface area (Å²) in [5.41, 5.74) is 2.43. The normalized spacial score (nSPS) is 17.2. The molecule has 0 aromatic heterocycles. The Morgan fingerprint density at radius 3 is 2.60 bits per heavy atom. The van der Waals surface area contributed by atoms with Crippen LogP contribution in [0.2, 0.25) is 0 Å². The van der Waals surface area contributed by atoms with Gasteiger partial charge in [-0.3, -0.25) is 4.79 Å². The van der Waals surface area contributed by atoms with Gasteiger partial charge >= 0.3 is 5.97 Å². The lowest BCUT2D eigenvalue weighted by Crippen LogP contribution is -2.30. The number of fused-ring (bicyclic) bond motifs is 1. The molecule has 1 atom stereocenters. The van der Waals surface area contributed by atoms with E-state index >= 15 is 0 Å². The number of carbonyl (C=O) groups is 1. The van der Waals surface area contributed by atoms with E-state index in [0.717, 1.165) is 30.9 Å². The van der Waals surface area contributed by atoms with Crippen molar-refractivity contribution in [2.45, 2.75) is 25.3 Å². The zero-order valence-electron chi connectivity index (χ0n) is 12.2. The van der Waals surface area contributed by atoms with Gasteiger partial charge in [0.15, 0.2) is 11.5 Å². The molecule has 0 fully saturated rings. The molecule has 0 spiro atoms. The molecule has 5 nitrogen and oxygen atoms in total. The van der Waals surface area contributed by atoms with Crippen LogP contribution >= 0.6 is 0 Å². The van der Waals surface area contributed by atoms with Gasteiger partial charge in [-0.25, -0.2) is 0 Å². The van der Waals surface area contributed by atoms with E-state index in [1.165, 1.54) is 18.2 Å². The molecule has 1 unspecified atom stereocenters. The SMILES string of the molecule is COC(=O)CCC1NCCc2cc(OC)c(OC)cc21. The Morgan fingerprint density at radius 1 is 1.25 bits per heavy atom. The average Bonchev–Trinajstić information content (AvgIpc) is 2.50. The zero-order valence-corrected chi connectivity index (χ0v) is 12.2. The van der Waals surface area contributed by atoms with Crippen LogP contribution in [0.3, 0.4) is 0 Å². The van der Waals surface area contributed by atoms with Crippen LogP contribution in [-0.4, -0.2) is 33.8 Å². The van der Waals surface area contributed by atoms with Crippen LogP contribution in [0.25, 0.3) is 0 Å². The summed E-state index contributed by atoms with van der Waals surface area (Å²) in [6.45, 7) is 0.897. The number of esters is 1. The lowest BCUT2D eigenvalue weighted by atomic mass is 9.91.